The molecular weight excluding hydrogens is 197 g/mol. The summed E-state index contributed by atoms with van der Waals surface area (Å²) in [6, 6.07) is 1.30. The molecule has 0 aliphatic heterocycles. The average Bonchev–Trinajstić information content (AvgIpc) is 2.45. The molecule has 0 amide bonds. The Bertz CT molecular complexity index is 295. The van der Waals surface area contributed by atoms with E-state index in [2.05, 4.69) is 15.0 Å². The molecule has 1 atom stereocenters. The van der Waals surface area contributed by atoms with Gasteiger partial charge in [0.1, 0.15) is 11.7 Å². The second kappa shape index (κ2) is 4.00. The zero-order valence-corrected chi connectivity index (χ0v) is 7.85. The Labute approximate surface area is 79.3 Å². The number of alkyl halides is 3. The van der Waals surface area contributed by atoms with E-state index in [1.165, 1.54) is 13.1 Å². The Kier molecular flexibility index (Phi) is 3.15. The van der Waals surface area contributed by atoms with Gasteiger partial charge in [-0.05, 0) is 14.0 Å². The molecule has 1 unspecified atom stereocenters. The normalized spacial score (nSPS) is 14.4. The van der Waals surface area contributed by atoms with Crippen LogP contribution in [0.25, 0.3) is 0 Å². The maximum absolute atomic E-state index is 12.5. The summed E-state index contributed by atoms with van der Waals surface area (Å²) in [4.78, 5) is 0. The number of aryl methyl sites for hydroxylation is 1. The average molecular weight is 208 g/mol. The lowest BCUT2D eigenvalue weighted by Gasteiger charge is -2.16. The smallest absolute Gasteiger partial charge is 0.361 e. The van der Waals surface area contributed by atoms with E-state index >= 15 is 0 Å². The van der Waals surface area contributed by atoms with Gasteiger partial charge in [-0.1, -0.05) is 5.16 Å². The minimum Gasteiger partial charge on any atom is -0.361 e. The van der Waals surface area contributed by atoms with E-state index in [1.54, 1.807) is 6.92 Å². The number of likely N-dealkylation sites (N-methyl/N-ethyl adjacent to an activating group) is 1. The van der Waals surface area contributed by atoms with Crippen molar-refractivity contribution in [2.24, 2.45) is 0 Å². The van der Waals surface area contributed by atoms with Crippen LogP contribution in [0.4, 0.5) is 13.2 Å². The highest BCUT2D eigenvalue weighted by molar-refractivity contribution is 5.12. The molecule has 0 bridgehead atoms. The third-order valence-corrected chi connectivity index (χ3v) is 1.81. The molecule has 14 heavy (non-hydrogen) atoms. The van der Waals surface area contributed by atoms with Crippen molar-refractivity contribution < 1.29 is 17.7 Å². The molecule has 0 aliphatic rings. The zero-order chi connectivity index (χ0) is 10.8. The fourth-order valence-electron chi connectivity index (χ4n) is 1.14. The third-order valence-electron chi connectivity index (χ3n) is 1.81. The maximum atomic E-state index is 12.5. The lowest BCUT2D eigenvalue weighted by Crippen LogP contribution is -2.30. The summed E-state index contributed by atoms with van der Waals surface area (Å²) < 4.78 is 42.1. The molecule has 1 heterocycles. The van der Waals surface area contributed by atoms with Crippen molar-refractivity contribution >= 4 is 0 Å². The fourth-order valence-corrected chi connectivity index (χ4v) is 1.14. The molecule has 0 spiro atoms. The predicted octanol–water partition coefficient (Wildman–Crippen LogP) is 1.85. The monoisotopic (exact) mass is 208 g/mol. The zero-order valence-electron chi connectivity index (χ0n) is 7.85. The fraction of sp³-hybridized carbons (Fsp3) is 0.625. The minimum atomic E-state index is -4.30. The summed E-state index contributed by atoms with van der Waals surface area (Å²) in [6.45, 7) is 1.36. The molecule has 80 valence electrons. The highest BCUT2D eigenvalue weighted by Gasteiger charge is 2.42. The van der Waals surface area contributed by atoms with Crippen molar-refractivity contribution in [2.45, 2.75) is 19.0 Å². The van der Waals surface area contributed by atoms with Crippen LogP contribution >= 0.6 is 0 Å². The summed E-state index contributed by atoms with van der Waals surface area (Å²) in [7, 11) is 1.46. The lowest BCUT2D eigenvalue weighted by atomic mass is 10.1. The van der Waals surface area contributed by atoms with Gasteiger partial charge in [-0.25, -0.2) is 0 Å². The van der Waals surface area contributed by atoms with Crippen LogP contribution in [0.2, 0.25) is 0 Å². The Morgan fingerprint density at radius 2 is 2.21 bits per heavy atom. The van der Waals surface area contributed by atoms with Crippen LogP contribution < -0.4 is 5.32 Å². The van der Waals surface area contributed by atoms with Crippen LogP contribution in [-0.2, 0) is 0 Å². The van der Waals surface area contributed by atoms with Crippen molar-refractivity contribution in [2.75, 3.05) is 13.6 Å². The topological polar surface area (TPSA) is 38.1 Å². The predicted molar refractivity (Wildman–Crippen MR) is 44.0 cm³/mol. The Hall–Kier alpha value is -1.04. The minimum absolute atomic E-state index is 0.0793. The van der Waals surface area contributed by atoms with Crippen LogP contribution in [0.1, 0.15) is 17.4 Å². The first-order chi connectivity index (χ1) is 6.45. The molecule has 3 nitrogen and oxygen atoms in total. The van der Waals surface area contributed by atoms with Gasteiger partial charge in [0.2, 0.25) is 0 Å². The van der Waals surface area contributed by atoms with Gasteiger partial charge in [-0.15, -0.1) is 0 Å². The Balaban J connectivity index is 2.88. The highest BCUT2D eigenvalue weighted by atomic mass is 19.4. The van der Waals surface area contributed by atoms with Crippen LogP contribution in [0, 0.1) is 6.92 Å². The van der Waals surface area contributed by atoms with E-state index in [4.69, 9.17) is 0 Å². The van der Waals surface area contributed by atoms with Gasteiger partial charge in [0.15, 0.2) is 0 Å². The first-order valence-electron chi connectivity index (χ1n) is 4.09. The van der Waals surface area contributed by atoms with Crippen LogP contribution in [-0.4, -0.2) is 24.9 Å². The lowest BCUT2D eigenvalue weighted by molar-refractivity contribution is -0.150. The number of rotatable bonds is 3. The number of hydrogen-bond donors (Lipinski definition) is 1. The van der Waals surface area contributed by atoms with E-state index in [1.807, 2.05) is 0 Å². The summed E-state index contributed by atoms with van der Waals surface area (Å²) >= 11 is 0. The molecule has 0 aromatic carbocycles. The quantitative estimate of drug-likeness (QED) is 0.823. The molecule has 1 rings (SSSR count). The molecule has 0 saturated heterocycles. The van der Waals surface area contributed by atoms with E-state index in [9.17, 15) is 13.2 Å². The molecule has 0 aliphatic carbocycles. The number of hydrogen-bond acceptors (Lipinski definition) is 3. The van der Waals surface area contributed by atoms with Crippen molar-refractivity contribution in [1.29, 1.82) is 0 Å². The van der Waals surface area contributed by atoms with Crippen LogP contribution in [0.5, 0.6) is 0 Å². The van der Waals surface area contributed by atoms with Crippen molar-refractivity contribution in [1.82, 2.24) is 10.5 Å². The van der Waals surface area contributed by atoms with E-state index in [-0.39, 0.29) is 12.2 Å². The third kappa shape index (κ3) is 2.47. The standard InChI is InChI=1S/C8H11F3N2O/c1-5-3-7(13-14-5)6(4-12-2)8(9,10)11/h3,6,12H,4H2,1-2H3. The van der Waals surface area contributed by atoms with Gasteiger partial charge in [-0.3, -0.25) is 0 Å². The van der Waals surface area contributed by atoms with E-state index < -0.39 is 12.1 Å². The first-order valence-corrected chi connectivity index (χ1v) is 4.09. The number of aromatic nitrogens is 1. The first kappa shape index (κ1) is 11.0. The van der Waals surface area contributed by atoms with Crippen molar-refractivity contribution in [3.63, 3.8) is 0 Å². The second-order valence-electron chi connectivity index (χ2n) is 3.01. The van der Waals surface area contributed by atoms with E-state index in [0.717, 1.165) is 0 Å². The summed E-state index contributed by atoms with van der Waals surface area (Å²) in [5, 5.41) is 5.85. The van der Waals surface area contributed by atoms with Gasteiger partial charge < -0.3 is 9.84 Å². The summed E-state index contributed by atoms with van der Waals surface area (Å²) in [6.07, 6.45) is -4.30. The molecule has 0 radical (unpaired) electrons. The van der Waals surface area contributed by atoms with Crippen molar-refractivity contribution in [3.05, 3.63) is 17.5 Å². The van der Waals surface area contributed by atoms with Gasteiger partial charge in [0.25, 0.3) is 0 Å². The second-order valence-corrected chi connectivity index (χ2v) is 3.01. The number of nitrogens with one attached hydrogen (secondary N) is 1. The summed E-state index contributed by atoms with van der Waals surface area (Å²) in [5.41, 5.74) is -0.0793. The van der Waals surface area contributed by atoms with Gasteiger partial charge in [0.05, 0.1) is 5.69 Å². The summed E-state index contributed by atoms with van der Waals surface area (Å²) in [5.74, 6) is -1.23. The molecule has 0 saturated carbocycles. The van der Waals surface area contributed by atoms with Gasteiger partial charge in [0, 0.05) is 12.6 Å². The maximum Gasteiger partial charge on any atom is 0.398 e. The van der Waals surface area contributed by atoms with Gasteiger partial charge >= 0.3 is 6.18 Å². The molecule has 0 fully saturated rings. The van der Waals surface area contributed by atoms with Gasteiger partial charge in [-0.2, -0.15) is 13.2 Å². The molecule has 1 aromatic heterocycles. The van der Waals surface area contributed by atoms with Crippen LogP contribution in [0.3, 0.4) is 0 Å². The molecule has 6 heteroatoms. The SMILES string of the molecule is CNCC(c1cc(C)on1)C(F)(F)F. The molecule has 1 aromatic rings. The number of nitrogens with zero attached hydrogens (tertiary/aromatic N) is 1. The molecule has 1 N–H and O–H groups in total. The van der Waals surface area contributed by atoms with Crippen LogP contribution in [0.15, 0.2) is 10.6 Å². The largest absolute Gasteiger partial charge is 0.398 e. The Morgan fingerprint density at radius 3 is 2.57 bits per heavy atom. The van der Waals surface area contributed by atoms with Crippen molar-refractivity contribution in [3.8, 4) is 0 Å². The number of halogens is 3. The Morgan fingerprint density at radius 1 is 1.57 bits per heavy atom. The molecular formula is C8H11F3N2O. The highest BCUT2D eigenvalue weighted by Crippen LogP contribution is 2.33. The van der Waals surface area contributed by atoms with E-state index in [0.29, 0.717) is 5.76 Å².